The van der Waals surface area contributed by atoms with Crippen LogP contribution in [0.4, 0.5) is 11.4 Å². The average Bonchev–Trinajstić information content (AvgIpc) is 2.38. The SMILES string of the molecule is O=C1C[NH+]([O-])c2c(cc(Cl)cc2-c2ccccc2)N1. The van der Waals surface area contributed by atoms with E-state index in [1.54, 1.807) is 12.1 Å². The number of hydrogen-bond donors (Lipinski definition) is 2. The summed E-state index contributed by atoms with van der Waals surface area (Å²) in [5, 5.41) is 15.1. The number of rotatable bonds is 1. The number of hydroxylamine groups is 1. The van der Waals surface area contributed by atoms with Gasteiger partial charge in [-0.1, -0.05) is 41.9 Å². The fourth-order valence-electron chi connectivity index (χ4n) is 2.28. The van der Waals surface area contributed by atoms with Crippen LogP contribution in [0.25, 0.3) is 11.1 Å². The molecule has 1 aliphatic heterocycles. The van der Waals surface area contributed by atoms with E-state index in [4.69, 9.17) is 11.6 Å². The Morgan fingerprint density at radius 1 is 1.21 bits per heavy atom. The van der Waals surface area contributed by atoms with Crippen molar-refractivity contribution in [3.8, 4) is 11.1 Å². The number of amides is 1. The van der Waals surface area contributed by atoms with Crippen molar-refractivity contribution in [1.82, 2.24) is 0 Å². The van der Waals surface area contributed by atoms with Gasteiger partial charge in [0.25, 0.3) is 5.91 Å². The number of quaternary nitrogens is 1. The van der Waals surface area contributed by atoms with E-state index in [-0.39, 0.29) is 17.5 Å². The number of halogens is 1. The fraction of sp³-hybridized carbons (Fsp3) is 0.0714. The average molecular weight is 275 g/mol. The summed E-state index contributed by atoms with van der Waals surface area (Å²) in [6.45, 7) is -0.117. The molecule has 96 valence electrons. The van der Waals surface area contributed by atoms with Gasteiger partial charge in [0.1, 0.15) is 5.69 Å². The van der Waals surface area contributed by atoms with Crippen LogP contribution in [0.5, 0.6) is 0 Å². The van der Waals surface area contributed by atoms with Gasteiger partial charge in [0.15, 0.2) is 12.2 Å². The van der Waals surface area contributed by atoms with Gasteiger partial charge in [-0.2, -0.15) is 0 Å². The summed E-state index contributed by atoms with van der Waals surface area (Å²) in [6, 6.07) is 12.9. The van der Waals surface area contributed by atoms with Crippen molar-refractivity contribution in [2.24, 2.45) is 0 Å². The van der Waals surface area contributed by atoms with Crippen LogP contribution < -0.4 is 10.4 Å². The van der Waals surface area contributed by atoms with Crippen molar-refractivity contribution in [3.63, 3.8) is 0 Å². The zero-order valence-electron chi connectivity index (χ0n) is 9.94. The van der Waals surface area contributed by atoms with Crippen molar-refractivity contribution >= 4 is 28.9 Å². The highest BCUT2D eigenvalue weighted by molar-refractivity contribution is 6.31. The lowest BCUT2D eigenvalue weighted by Crippen LogP contribution is -3.04. The van der Waals surface area contributed by atoms with Crippen molar-refractivity contribution in [2.75, 3.05) is 11.9 Å². The summed E-state index contributed by atoms with van der Waals surface area (Å²) in [4.78, 5) is 11.4. The Balaban J connectivity index is 2.23. The molecular formula is C14H11ClN2O2. The minimum atomic E-state index is -0.293. The highest BCUT2D eigenvalue weighted by atomic mass is 35.5. The predicted molar refractivity (Wildman–Crippen MR) is 74.4 cm³/mol. The molecule has 4 nitrogen and oxygen atoms in total. The predicted octanol–water partition coefficient (Wildman–Crippen LogP) is 1.97. The fourth-order valence-corrected chi connectivity index (χ4v) is 2.50. The third-order valence-electron chi connectivity index (χ3n) is 3.06. The van der Waals surface area contributed by atoms with Crippen LogP contribution in [0.15, 0.2) is 42.5 Å². The van der Waals surface area contributed by atoms with Crippen LogP contribution >= 0.6 is 11.6 Å². The molecule has 2 N–H and O–H groups in total. The van der Waals surface area contributed by atoms with E-state index in [1.807, 2.05) is 30.3 Å². The number of fused-ring (bicyclic) bond motifs is 1. The van der Waals surface area contributed by atoms with E-state index in [1.165, 1.54) is 0 Å². The van der Waals surface area contributed by atoms with E-state index in [9.17, 15) is 10.0 Å². The molecule has 1 amide bonds. The van der Waals surface area contributed by atoms with Crippen LogP contribution in [0.3, 0.4) is 0 Å². The first-order chi connectivity index (χ1) is 9.15. The number of anilines is 1. The largest absolute Gasteiger partial charge is 0.628 e. The number of carbonyl (C=O) groups excluding carboxylic acids is 1. The summed E-state index contributed by atoms with van der Waals surface area (Å²) in [6.07, 6.45) is 0. The highest BCUT2D eigenvalue weighted by Gasteiger charge is 2.26. The number of nitrogens with one attached hydrogen (secondary N) is 2. The van der Waals surface area contributed by atoms with Crippen molar-refractivity contribution in [1.29, 1.82) is 0 Å². The second-order valence-electron chi connectivity index (χ2n) is 4.39. The standard InChI is InChI=1S/C14H11ClN2O2/c15-10-6-11(9-4-2-1-3-5-9)14-12(7-10)16-13(18)8-17(14)19/h1-7,17H,8H2,(H,16,18). The Labute approximate surface area is 115 Å². The molecule has 2 aromatic rings. The molecule has 0 saturated heterocycles. The Hall–Kier alpha value is -1.88. The molecule has 0 bridgehead atoms. The molecule has 1 atom stereocenters. The lowest BCUT2D eigenvalue weighted by atomic mass is 10.0. The molecule has 0 spiro atoms. The van der Waals surface area contributed by atoms with Gasteiger partial charge in [-0.15, -0.1) is 0 Å². The molecule has 0 fully saturated rings. The maximum Gasteiger partial charge on any atom is 0.280 e. The first kappa shape index (κ1) is 12.2. The van der Waals surface area contributed by atoms with Gasteiger partial charge in [0.05, 0.1) is 0 Å². The summed E-state index contributed by atoms with van der Waals surface area (Å²) >= 11 is 6.06. The second kappa shape index (κ2) is 4.66. The van der Waals surface area contributed by atoms with Gasteiger partial charge < -0.3 is 15.6 Å². The number of benzene rings is 2. The van der Waals surface area contributed by atoms with Gasteiger partial charge in [-0.25, -0.2) is 0 Å². The topological polar surface area (TPSA) is 56.6 Å². The van der Waals surface area contributed by atoms with Crippen LogP contribution in [0.1, 0.15) is 0 Å². The minimum absolute atomic E-state index is 0.117. The molecule has 1 aliphatic rings. The van der Waals surface area contributed by atoms with Gasteiger partial charge in [0, 0.05) is 10.6 Å². The van der Waals surface area contributed by atoms with Crippen molar-refractivity contribution in [2.45, 2.75) is 0 Å². The first-order valence-electron chi connectivity index (χ1n) is 5.87. The van der Waals surface area contributed by atoms with E-state index < -0.39 is 0 Å². The number of hydrogen-bond acceptors (Lipinski definition) is 2. The molecule has 0 aliphatic carbocycles. The molecule has 19 heavy (non-hydrogen) atoms. The van der Waals surface area contributed by atoms with Crippen molar-refractivity contribution < 1.29 is 9.86 Å². The quantitative estimate of drug-likeness (QED) is 0.781. The van der Waals surface area contributed by atoms with E-state index in [2.05, 4.69) is 5.32 Å². The smallest absolute Gasteiger partial charge is 0.280 e. The summed E-state index contributed by atoms with van der Waals surface area (Å²) in [5.41, 5.74) is 2.70. The summed E-state index contributed by atoms with van der Waals surface area (Å²) in [7, 11) is 0. The van der Waals surface area contributed by atoms with Gasteiger partial charge >= 0.3 is 0 Å². The van der Waals surface area contributed by atoms with E-state index in [0.717, 1.165) is 11.1 Å². The third kappa shape index (κ3) is 2.21. The Morgan fingerprint density at radius 2 is 1.95 bits per heavy atom. The molecular weight excluding hydrogens is 264 g/mol. The zero-order valence-corrected chi connectivity index (χ0v) is 10.7. The first-order valence-corrected chi connectivity index (χ1v) is 6.25. The molecule has 5 heteroatoms. The normalized spacial score (nSPS) is 17.8. The van der Waals surface area contributed by atoms with Crippen LogP contribution in [-0.2, 0) is 4.79 Å². The third-order valence-corrected chi connectivity index (χ3v) is 3.28. The maximum absolute atomic E-state index is 12.1. The van der Waals surface area contributed by atoms with Crippen molar-refractivity contribution in [3.05, 3.63) is 52.7 Å². The lowest BCUT2D eigenvalue weighted by molar-refractivity contribution is -0.766. The Morgan fingerprint density at radius 3 is 2.68 bits per heavy atom. The summed E-state index contributed by atoms with van der Waals surface area (Å²) in [5.74, 6) is -0.293. The highest BCUT2D eigenvalue weighted by Crippen LogP contribution is 2.35. The maximum atomic E-state index is 12.1. The lowest BCUT2D eigenvalue weighted by Gasteiger charge is -2.30. The van der Waals surface area contributed by atoms with E-state index in [0.29, 0.717) is 16.4 Å². The molecule has 3 rings (SSSR count). The molecule has 0 radical (unpaired) electrons. The zero-order chi connectivity index (χ0) is 13.4. The monoisotopic (exact) mass is 274 g/mol. The van der Waals surface area contributed by atoms with Crippen LogP contribution in [0.2, 0.25) is 5.02 Å². The second-order valence-corrected chi connectivity index (χ2v) is 4.83. The minimum Gasteiger partial charge on any atom is -0.628 e. The molecule has 0 saturated carbocycles. The number of carbonyl (C=O) groups is 1. The van der Waals surface area contributed by atoms with Gasteiger partial charge in [0.2, 0.25) is 0 Å². The van der Waals surface area contributed by atoms with Gasteiger partial charge in [-0.05, 0) is 17.7 Å². The Kier molecular flexibility index (Phi) is 2.98. The molecule has 1 heterocycles. The molecule has 1 unspecified atom stereocenters. The summed E-state index contributed by atoms with van der Waals surface area (Å²) < 4.78 is 0. The van der Waals surface area contributed by atoms with Gasteiger partial charge in [-0.3, -0.25) is 4.79 Å². The van der Waals surface area contributed by atoms with Crippen LogP contribution in [-0.4, -0.2) is 12.5 Å². The molecule has 0 aromatic heterocycles. The van der Waals surface area contributed by atoms with E-state index >= 15 is 0 Å². The Bertz CT molecular complexity index is 643. The molecule has 2 aromatic carbocycles. The van der Waals surface area contributed by atoms with Crippen LogP contribution in [0, 0.1) is 5.21 Å².